The molecule has 0 aromatic heterocycles. The Balaban J connectivity index is 1.42. The van der Waals surface area contributed by atoms with Crippen molar-refractivity contribution in [3.63, 3.8) is 0 Å². The van der Waals surface area contributed by atoms with Gasteiger partial charge in [-0.3, -0.25) is 14.5 Å². The number of rotatable bonds is 6. The van der Waals surface area contributed by atoms with Crippen LogP contribution in [0.15, 0.2) is 42.5 Å². The third-order valence-electron chi connectivity index (χ3n) is 5.77. The predicted molar refractivity (Wildman–Crippen MR) is 119 cm³/mol. The van der Waals surface area contributed by atoms with Gasteiger partial charge in [-0.05, 0) is 49.0 Å². The number of carbonyl (C=O) groups excluding carboxylic acids is 2. The molecular weight excluding hydrogens is 412 g/mol. The fourth-order valence-corrected chi connectivity index (χ4v) is 3.84. The lowest BCUT2D eigenvalue weighted by Gasteiger charge is -2.38. The molecule has 170 valence electrons. The van der Waals surface area contributed by atoms with Gasteiger partial charge in [-0.2, -0.15) is 0 Å². The molecule has 1 saturated heterocycles. The molecule has 0 bridgehead atoms. The van der Waals surface area contributed by atoms with Gasteiger partial charge in [0.1, 0.15) is 5.75 Å². The second kappa shape index (κ2) is 9.88. The molecule has 2 N–H and O–H groups in total. The van der Waals surface area contributed by atoms with Gasteiger partial charge in [0.15, 0.2) is 11.5 Å². The van der Waals surface area contributed by atoms with Crippen LogP contribution in [0, 0.1) is 0 Å². The van der Waals surface area contributed by atoms with Gasteiger partial charge in [0.05, 0.1) is 13.2 Å². The topological polar surface area (TPSA) is 92.4 Å². The first kappa shape index (κ1) is 21.9. The number of fused-ring (bicyclic) bond motifs is 1. The Morgan fingerprint density at radius 2 is 1.72 bits per heavy atom. The molecule has 2 aliphatic rings. The fourth-order valence-electron chi connectivity index (χ4n) is 3.84. The van der Waals surface area contributed by atoms with Crippen molar-refractivity contribution >= 4 is 17.5 Å². The third-order valence-corrected chi connectivity index (χ3v) is 5.77. The van der Waals surface area contributed by atoms with Crippen molar-refractivity contribution in [1.29, 1.82) is 0 Å². The lowest BCUT2D eigenvalue weighted by atomic mass is 10.0. The number of hydrogen-bond donors (Lipinski definition) is 2. The summed E-state index contributed by atoms with van der Waals surface area (Å²) in [6.07, 6.45) is 0. The van der Waals surface area contributed by atoms with Crippen LogP contribution in [0.5, 0.6) is 17.2 Å². The zero-order valence-electron chi connectivity index (χ0n) is 18.3. The third kappa shape index (κ3) is 5.12. The number of nitrogens with zero attached hydrogens (tertiary/aromatic N) is 2. The van der Waals surface area contributed by atoms with Crippen LogP contribution in [0.1, 0.15) is 11.6 Å². The highest BCUT2D eigenvalue weighted by atomic mass is 16.7. The maximum atomic E-state index is 12.5. The van der Waals surface area contributed by atoms with Crippen molar-refractivity contribution in [3.8, 4) is 17.2 Å². The first-order valence-corrected chi connectivity index (χ1v) is 10.6. The van der Waals surface area contributed by atoms with Crippen molar-refractivity contribution in [2.75, 3.05) is 59.0 Å². The minimum absolute atomic E-state index is 0.0871. The quantitative estimate of drug-likeness (QED) is 0.657. The number of nitrogens with one attached hydrogen (secondary N) is 2. The van der Waals surface area contributed by atoms with Crippen molar-refractivity contribution in [3.05, 3.63) is 48.0 Å². The van der Waals surface area contributed by atoms with E-state index in [1.807, 2.05) is 18.2 Å². The van der Waals surface area contributed by atoms with Crippen LogP contribution in [0.4, 0.5) is 5.69 Å². The molecule has 2 aliphatic heterocycles. The van der Waals surface area contributed by atoms with E-state index in [9.17, 15) is 9.59 Å². The summed E-state index contributed by atoms with van der Waals surface area (Å²) < 4.78 is 16.1. The number of benzene rings is 2. The highest BCUT2D eigenvalue weighted by Crippen LogP contribution is 2.35. The van der Waals surface area contributed by atoms with Crippen LogP contribution in [0.2, 0.25) is 0 Å². The van der Waals surface area contributed by atoms with Crippen molar-refractivity contribution in [1.82, 2.24) is 15.1 Å². The molecular formula is C23H28N4O5. The number of likely N-dealkylation sites (N-methyl/N-ethyl adjacent to an activating group) is 1. The molecule has 1 fully saturated rings. The first-order valence-electron chi connectivity index (χ1n) is 10.6. The van der Waals surface area contributed by atoms with Gasteiger partial charge in [0.25, 0.3) is 0 Å². The van der Waals surface area contributed by atoms with Crippen LogP contribution in [0.25, 0.3) is 0 Å². The molecule has 0 aliphatic carbocycles. The summed E-state index contributed by atoms with van der Waals surface area (Å²) in [6.45, 7) is 4.12. The maximum Gasteiger partial charge on any atom is 0.313 e. The minimum Gasteiger partial charge on any atom is -0.497 e. The summed E-state index contributed by atoms with van der Waals surface area (Å²) in [4.78, 5) is 29.5. The smallest absolute Gasteiger partial charge is 0.313 e. The molecule has 0 spiro atoms. The summed E-state index contributed by atoms with van der Waals surface area (Å²) >= 11 is 0. The molecule has 1 atom stereocenters. The summed E-state index contributed by atoms with van der Waals surface area (Å²) in [6, 6.07) is 12.5. The Bertz CT molecular complexity index is 957. The van der Waals surface area contributed by atoms with Crippen LogP contribution in [-0.4, -0.2) is 75.3 Å². The predicted octanol–water partition coefficient (Wildman–Crippen LogP) is 1.47. The first-order chi connectivity index (χ1) is 15.5. The molecule has 9 heteroatoms. The fraction of sp³-hybridized carbons (Fsp3) is 0.391. The number of amides is 2. The van der Waals surface area contributed by atoms with Crippen LogP contribution < -0.4 is 24.8 Å². The summed E-state index contributed by atoms with van der Waals surface area (Å²) in [5.74, 6) is 0.698. The van der Waals surface area contributed by atoms with E-state index in [-0.39, 0.29) is 12.8 Å². The zero-order valence-corrected chi connectivity index (χ0v) is 18.3. The molecule has 0 saturated carbocycles. The number of piperazine rings is 1. The molecule has 0 unspecified atom stereocenters. The molecule has 9 nitrogen and oxygen atoms in total. The van der Waals surface area contributed by atoms with Gasteiger partial charge in [-0.15, -0.1) is 0 Å². The normalized spacial score (nSPS) is 16.9. The number of hydrogen-bond acceptors (Lipinski definition) is 7. The van der Waals surface area contributed by atoms with E-state index in [0.29, 0.717) is 29.5 Å². The SMILES string of the molecule is COc1ccc(NC(=O)C(=O)NC[C@H](c2ccc3c(c2)OCO3)N2CCN(C)CC2)cc1. The van der Waals surface area contributed by atoms with Crippen LogP contribution in [0.3, 0.4) is 0 Å². The largest absolute Gasteiger partial charge is 0.497 e. The second-order valence-electron chi connectivity index (χ2n) is 7.86. The van der Waals surface area contributed by atoms with Gasteiger partial charge in [-0.25, -0.2) is 0 Å². The number of methoxy groups -OCH3 is 1. The van der Waals surface area contributed by atoms with E-state index in [2.05, 4.69) is 27.5 Å². The van der Waals surface area contributed by atoms with Crippen LogP contribution in [-0.2, 0) is 9.59 Å². The van der Waals surface area contributed by atoms with Gasteiger partial charge in [-0.1, -0.05) is 6.07 Å². The average molecular weight is 441 g/mol. The monoisotopic (exact) mass is 440 g/mol. The van der Waals surface area contributed by atoms with Gasteiger partial charge in [0.2, 0.25) is 6.79 Å². The molecule has 2 heterocycles. The van der Waals surface area contributed by atoms with Crippen molar-refractivity contribution < 1.29 is 23.8 Å². The summed E-state index contributed by atoms with van der Waals surface area (Å²) in [5.41, 5.74) is 1.53. The highest BCUT2D eigenvalue weighted by Gasteiger charge is 2.27. The Morgan fingerprint density at radius 1 is 1.00 bits per heavy atom. The Hall–Kier alpha value is -3.30. The lowest BCUT2D eigenvalue weighted by molar-refractivity contribution is -0.136. The number of anilines is 1. The van der Waals surface area contributed by atoms with Crippen molar-refractivity contribution in [2.45, 2.75) is 6.04 Å². The van der Waals surface area contributed by atoms with Gasteiger partial charge >= 0.3 is 11.8 Å². The van der Waals surface area contributed by atoms with E-state index in [1.54, 1.807) is 31.4 Å². The molecule has 2 amide bonds. The van der Waals surface area contributed by atoms with Gasteiger partial charge < -0.3 is 29.7 Å². The maximum absolute atomic E-state index is 12.5. The highest BCUT2D eigenvalue weighted by molar-refractivity contribution is 6.39. The minimum atomic E-state index is -0.710. The molecule has 2 aromatic rings. The second-order valence-corrected chi connectivity index (χ2v) is 7.86. The summed E-state index contributed by atoms with van der Waals surface area (Å²) in [7, 11) is 3.66. The summed E-state index contributed by atoms with van der Waals surface area (Å²) in [5, 5.41) is 5.41. The average Bonchev–Trinajstić information content (AvgIpc) is 3.28. The Morgan fingerprint density at radius 3 is 2.44 bits per heavy atom. The van der Waals surface area contributed by atoms with E-state index in [0.717, 1.165) is 31.7 Å². The van der Waals surface area contributed by atoms with E-state index >= 15 is 0 Å². The number of carbonyl (C=O) groups is 2. The Kier molecular flexibility index (Phi) is 6.77. The van der Waals surface area contributed by atoms with Crippen LogP contribution >= 0.6 is 0 Å². The van der Waals surface area contributed by atoms with E-state index < -0.39 is 11.8 Å². The number of ether oxygens (including phenoxy) is 3. The molecule has 2 aromatic carbocycles. The van der Waals surface area contributed by atoms with Gasteiger partial charge in [0, 0.05) is 38.4 Å². The molecule has 4 rings (SSSR count). The lowest BCUT2D eigenvalue weighted by Crippen LogP contribution is -2.49. The Labute approximate surface area is 187 Å². The standard InChI is InChI=1S/C23H28N4O5/c1-26-9-11-27(12-10-26)19(16-3-8-20-21(13-16)32-15-31-20)14-24-22(28)23(29)25-17-4-6-18(30-2)7-5-17/h3-8,13,19H,9-12,14-15H2,1-2H3,(H,24,28)(H,25,29)/t19-/m1/s1. The zero-order chi connectivity index (χ0) is 22.5. The van der Waals surface area contributed by atoms with Crippen molar-refractivity contribution in [2.24, 2.45) is 0 Å². The van der Waals surface area contributed by atoms with E-state index in [1.165, 1.54) is 0 Å². The molecule has 32 heavy (non-hydrogen) atoms. The molecule has 0 radical (unpaired) electrons. The van der Waals surface area contributed by atoms with E-state index in [4.69, 9.17) is 14.2 Å².